The van der Waals surface area contributed by atoms with Crippen molar-refractivity contribution in [1.82, 2.24) is 0 Å². The third-order valence-corrected chi connectivity index (χ3v) is 1.52. The first-order chi connectivity index (χ1) is 4.33. The molecule has 1 saturated carbocycles. The minimum Gasteiger partial charge on any atom is -0.303 e. The monoisotopic (exact) mass is 126 g/mol. The maximum absolute atomic E-state index is 10.7. The van der Waals surface area contributed by atoms with Gasteiger partial charge in [0.15, 0.2) is 0 Å². The molecule has 50 valence electrons. The van der Waals surface area contributed by atoms with E-state index in [0.717, 1.165) is 0 Å². The standard InChI is InChI=1S/C7H10O2/c8-4-3-7(9)5-6-1-2-6/h4,6H,1-3,5H2. The maximum atomic E-state index is 10.7. The molecule has 0 atom stereocenters. The summed E-state index contributed by atoms with van der Waals surface area (Å²) in [4.78, 5) is 20.5. The Hall–Kier alpha value is -0.660. The van der Waals surface area contributed by atoms with E-state index in [1.54, 1.807) is 0 Å². The second-order valence-electron chi connectivity index (χ2n) is 2.56. The van der Waals surface area contributed by atoms with Gasteiger partial charge >= 0.3 is 0 Å². The minimum atomic E-state index is 0.104. The van der Waals surface area contributed by atoms with Gasteiger partial charge in [0.05, 0.1) is 6.42 Å². The fraction of sp³-hybridized carbons (Fsp3) is 0.714. The van der Waals surface area contributed by atoms with Gasteiger partial charge < -0.3 is 4.79 Å². The molecule has 2 heteroatoms. The summed E-state index contributed by atoms with van der Waals surface area (Å²) in [5.74, 6) is 0.727. The summed E-state index contributed by atoms with van der Waals surface area (Å²) in [6, 6.07) is 0. The van der Waals surface area contributed by atoms with E-state index in [1.165, 1.54) is 12.8 Å². The van der Waals surface area contributed by atoms with E-state index in [-0.39, 0.29) is 12.2 Å². The van der Waals surface area contributed by atoms with E-state index in [2.05, 4.69) is 0 Å². The van der Waals surface area contributed by atoms with Crippen LogP contribution in [0.1, 0.15) is 25.7 Å². The molecule has 1 aliphatic carbocycles. The van der Waals surface area contributed by atoms with Crippen LogP contribution in [0.5, 0.6) is 0 Å². The summed E-state index contributed by atoms with van der Waals surface area (Å²) in [5.41, 5.74) is 0. The predicted molar refractivity (Wildman–Crippen MR) is 33.0 cm³/mol. The molecule has 0 heterocycles. The highest BCUT2D eigenvalue weighted by Crippen LogP contribution is 2.32. The summed E-state index contributed by atoms with van der Waals surface area (Å²) >= 11 is 0. The Morgan fingerprint density at radius 3 is 2.67 bits per heavy atom. The van der Waals surface area contributed by atoms with Crippen LogP contribution in [-0.2, 0) is 9.59 Å². The first kappa shape index (κ1) is 6.46. The summed E-state index contributed by atoms with van der Waals surface area (Å²) < 4.78 is 0. The number of ketones is 1. The molecule has 0 spiro atoms. The molecule has 0 aromatic rings. The number of carbonyl (C=O) groups is 2. The van der Waals surface area contributed by atoms with Crippen LogP contribution >= 0.6 is 0 Å². The zero-order chi connectivity index (χ0) is 6.69. The van der Waals surface area contributed by atoms with Gasteiger partial charge in [-0.15, -0.1) is 0 Å². The quantitative estimate of drug-likeness (QED) is 0.415. The predicted octanol–water partition coefficient (Wildman–Crippen LogP) is 0.945. The highest BCUT2D eigenvalue weighted by molar-refractivity contribution is 5.89. The van der Waals surface area contributed by atoms with Gasteiger partial charge in [-0.05, 0) is 18.8 Å². The van der Waals surface area contributed by atoms with Crippen LogP contribution in [0, 0.1) is 5.92 Å². The number of aldehydes is 1. The average molecular weight is 126 g/mol. The largest absolute Gasteiger partial charge is 0.303 e. The average Bonchev–Trinajstić information content (AvgIpc) is 2.50. The van der Waals surface area contributed by atoms with Gasteiger partial charge in [0.1, 0.15) is 12.1 Å². The lowest BCUT2D eigenvalue weighted by molar-refractivity contribution is -0.122. The fourth-order valence-electron chi connectivity index (χ4n) is 0.820. The van der Waals surface area contributed by atoms with Gasteiger partial charge in [0.2, 0.25) is 0 Å². The Balaban J connectivity index is 2.09. The smallest absolute Gasteiger partial charge is 0.140 e. The third kappa shape index (κ3) is 2.40. The lowest BCUT2D eigenvalue weighted by atomic mass is 10.2. The summed E-state index contributed by atoms with van der Waals surface area (Å²) in [5, 5.41) is 0. The van der Waals surface area contributed by atoms with Gasteiger partial charge in [0, 0.05) is 6.42 Å². The second-order valence-corrected chi connectivity index (χ2v) is 2.56. The number of hydrogen-bond acceptors (Lipinski definition) is 2. The zero-order valence-corrected chi connectivity index (χ0v) is 5.30. The van der Waals surface area contributed by atoms with E-state index in [9.17, 15) is 9.59 Å². The lowest BCUT2D eigenvalue weighted by Crippen LogP contribution is -1.98. The molecular formula is C7H10O2. The molecule has 0 N–H and O–H groups in total. The van der Waals surface area contributed by atoms with Crippen LogP contribution in [0.25, 0.3) is 0 Å². The number of hydrogen-bond donors (Lipinski definition) is 0. The third-order valence-electron chi connectivity index (χ3n) is 1.52. The lowest BCUT2D eigenvalue weighted by Gasteiger charge is -1.89. The molecule has 1 rings (SSSR count). The van der Waals surface area contributed by atoms with Crippen LogP contribution in [0.3, 0.4) is 0 Å². The molecule has 0 amide bonds. The van der Waals surface area contributed by atoms with Gasteiger partial charge in [-0.1, -0.05) is 0 Å². The highest BCUT2D eigenvalue weighted by atomic mass is 16.1. The van der Waals surface area contributed by atoms with Crippen LogP contribution in [0.15, 0.2) is 0 Å². The van der Waals surface area contributed by atoms with Gasteiger partial charge in [0.25, 0.3) is 0 Å². The van der Waals surface area contributed by atoms with E-state index < -0.39 is 0 Å². The molecule has 9 heavy (non-hydrogen) atoms. The van der Waals surface area contributed by atoms with Crippen molar-refractivity contribution < 1.29 is 9.59 Å². The van der Waals surface area contributed by atoms with Gasteiger partial charge in [-0.25, -0.2) is 0 Å². The summed E-state index contributed by atoms with van der Waals surface area (Å²) in [7, 11) is 0. The topological polar surface area (TPSA) is 34.1 Å². The van der Waals surface area contributed by atoms with Crippen LogP contribution in [-0.4, -0.2) is 12.1 Å². The van der Waals surface area contributed by atoms with Crippen molar-refractivity contribution in [1.29, 1.82) is 0 Å². The Bertz CT molecular complexity index is 125. The molecule has 0 bridgehead atoms. The van der Waals surface area contributed by atoms with Crippen LogP contribution in [0.4, 0.5) is 0 Å². The first-order valence-electron chi connectivity index (χ1n) is 3.28. The van der Waals surface area contributed by atoms with Crippen molar-refractivity contribution in [3.63, 3.8) is 0 Å². The molecule has 0 aromatic carbocycles. The molecule has 0 saturated heterocycles. The number of rotatable bonds is 4. The number of Topliss-reactive ketones (excluding diaryl/α,β-unsaturated/α-hetero) is 1. The normalized spacial score (nSPS) is 17.3. The fourth-order valence-corrected chi connectivity index (χ4v) is 0.820. The van der Waals surface area contributed by atoms with Crippen molar-refractivity contribution in [2.75, 3.05) is 0 Å². The molecule has 1 aliphatic rings. The molecule has 2 nitrogen and oxygen atoms in total. The summed E-state index contributed by atoms with van der Waals surface area (Å²) in [6.45, 7) is 0. The van der Waals surface area contributed by atoms with Crippen molar-refractivity contribution in [2.24, 2.45) is 5.92 Å². The van der Waals surface area contributed by atoms with Gasteiger partial charge in [-0.3, -0.25) is 4.79 Å². The van der Waals surface area contributed by atoms with Crippen LogP contribution in [0.2, 0.25) is 0 Å². The Morgan fingerprint density at radius 2 is 2.22 bits per heavy atom. The molecular weight excluding hydrogens is 116 g/mol. The van der Waals surface area contributed by atoms with E-state index in [4.69, 9.17) is 0 Å². The Kier molecular flexibility index (Phi) is 1.98. The Morgan fingerprint density at radius 1 is 1.56 bits per heavy atom. The molecule has 0 radical (unpaired) electrons. The summed E-state index contributed by atoms with van der Waals surface area (Å²) in [6.07, 6.45) is 3.81. The van der Waals surface area contributed by atoms with Crippen molar-refractivity contribution in [2.45, 2.75) is 25.7 Å². The molecule has 0 unspecified atom stereocenters. The first-order valence-corrected chi connectivity index (χ1v) is 3.28. The van der Waals surface area contributed by atoms with Crippen LogP contribution < -0.4 is 0 Å². The SMILES string of the molecule is O=CCC(=O)CC1CC1. The molecule has 0 aliphatic heterocycles. The highest BCUT2D eigenvalue weighted by Gasteiger charge is 2.23. The number of carbonyl (C=O) groups excluding carboxylic acids is 2. The Labute approximate surface area is 54.2 Å². The molecule has 0 aromatic heterocycles. The van der Waals surface area contributed by atoms with E-state index >= 15 is 0 Å². The molecule has 1 fully saturated rings. The van der Waals surface area contributed by atoms with Crippen molar-refractivity contribution >= 4 is 12.1 Å². The van der Waals surface area contributed by atoms with Crippen molar-refractivity contribution in [3.05, 3.63) is 0 Å². The van der Waals surface area contributed by atoms with E-state index in [1.807, 2.05) is 0 Å². The second kappa shape index (κ2) is 2.76. The van der Waals surface area contributed by atoms with E-state index in [0.29, 0.717) is 18.6 Å². The zero-order valence-electron chi connectivity index (χ0n) is 5.30. The maximum Gasteiger partial charge on any atom is 0.140 e. The van der Waals surface area contributed by atoms with Crippen molar-refractivity contribution in [3.8, 4) is 0 Å². The van der Waals surface area contributed by atoms with Gasteiger partial charge in [-0.2, -0.15) is 0 Å². The minimum absolute atomic E-state index is 0.104.